The zero-order chi connectivity index (χ0) is 9.26. The minimum Gasteiger partial charge on any atom is -1.00 e. The summed E-state index contributed by atoms with van der Waals surface area (Å²) in [5.41, 5.74) is 0. The molecule has 84 valence electrons. The largest absolute Gasteiger partial charge is 1.00 e. The Morgan fingerprint density at radius 2 is 1.33 bits per heavy atom. The summed E-state index contributed by atoms with van der Waals surface area (Å²) >= 11 is 0. The third-order valence-corrected chi connectivity index (χ3v) is 1.49. The molecule has 2 aromatic rings. The Morgan fingerprint density at radius 3 is 1.60 bits per heavy atom. The highest BCUT2D eigenvalue weighted by atomic mass is 79.9. The van der Waals surface area contributed by atoms with Crippen LogP contribution in [-0.2, 0) is 6.67 Å². The molecule has 0 amide bonds. The lowest BCUT2D eigenvalue weighted by atomic mass is 11.0. The van der Waals surface area contributed by atoms with Crippen molar-refractivity contribution in [1.82, 2.24) is 19.6 Å². The van der Waals surface area contributed by atoms with Gasteiger partial charge in [0.1, 0.15) is 0 Å². The first-order valence-corrected chi connectivity index (χ1v) is 3.61. The van der Waals surface area contributed by atoms with E-state index < -0.39 is 0 Å². The number of hydrogen-bond donors (Lipinski definition) is 2. The number of hydrogen-bond acceptors (Lipinski definition) is 4. The molecule has 0 fully saturated rings. The van der Waals surface area contributed by atoms with Gasteiger partial charge in [0.15, 0.2) is 0 Å². The Morgan fingerprint density at radius 1 is 0.933 bits per heavy atom. The van der Waals surface area contributed by atoms with Gasteiger partial charge in [-0.25, -0.2) is 0 Å². The van der Waals surface area contributed by atoms with E-state index in [1.54, 1.807) is 22.0 Å². The van der Waals surface area contributed by atoms with E-state index >= 15 is 0 Å². The van der Waals surface area contributed by atoms with E-state index in [-0.39, 0.29) is 34.0 Å². The van der Waals surface area contributed by atoms with Crippen LogP contribution in [0.25, 0.3) is 0 Å². The lowest BCUT2D eigenvalue weighted by molar-refractivity contribution is -0.640. The van der Waals surface area contributed by atoms with Crippen molar-refractivity contribution in [2.75, 3.05) is 11.7 Å². The van der Waals surface area contributed by atoms with E-state index in [1.807, 2.05) is 0 Å². The minimum atomic E-state index is 0. The fourth-order valence-corrected chi connectivity index (χ4v) is 0.974. The number of halogens is 2. The van der Waals surface area contributed by atoms with Crippen LogP contribution >= 0.6 is 0 Å². The Hall–Kier alpha value is -1.16. The van der Waals surface area contributed by atoms with E-state index in [0.29, 0.717) is 6.67 Å². The summed E-state index contributed by atoms with van der Waals surface area (Å²) in [6.45, 7) is 0.481. The fraction of sp³-hybridized carbons (Fsp3) is 0.200. The molecular formula is C5H10Br2N8. The zero-order valence-corrected chi connectivity index (χ0v) is 10.8. The molecule has 8 nitrogen and oxygen atoms in total. The first-order valence-electron chi connectivity index (χ1n) is 3.61. The maximum atomic E-state index is 5.41. The third kappa shape index (κ3) is 3.47. The van der Waals surface area contributed by atoms with Crippen LogP contribution in [0, 0.1) is 0 Å². The molecule has 0 bridgehead atoms. The maximum absolute atomic E-state index is 5.41. The van der Waals surface area contributed by atoms with Gasteiger partial charge in [-0.05, 0) is 0 Å². The summed E-state index contributed by atoms with van der Waals surface area (Å²) in [5.74, 6) is 10.8. The van der Waals surface area contributed by atoms with Crippen molar-refractivity contribution in [3.05, 3.63) is 25.3 Å². The van der Waals surface area contributed by atoms with Gasteiger partial charge >= 0.3 is 0 Å². The van der Waals surface area contributed by atoms with Crippen molar-refractivity contribution in [2.45, 2.75) is 6.67 Å². The fourth-order valence-electron chi connectivity index (χ4n) is 0.974. The molecule has 2 heterocycles. The molecule has 4 N–H and O–H groups in total. The number of rotatable bonds is 2. The molecule has 2 rings (SSSR count). The normalized spacial score (nSPS) is 9.07. The van der Waals surface area contributed by atoms with Crippen molar-refractivity contribution >= 4 is 0 Å². The van der Waals surface area contributed by atoms with E-state index in [0.717, 1.165) is 0 Å². The predicted molar refractivity (Wildman–Crippen MR) is 40.5 cm³/mol. The van der Waals surface area contributed by atoms with Crippen molar-refractivity contribution in [2.24, 2.45) is 0 Å². The van der Waals surface area contributed by atoms with Crippen LogP contribution in [0.2, 0.25) is 0 Å². The average molecular weight is 342 g/mol. The molecule has 0 radical (unpaired) electrons. The highest BCUT2D eigenvalue weighted by Crippen LogP contribution is 1.79. The molecule has 0 aromatic carbocycles. The summed E-state index contributed by atoms with van der Waals surface area (Å²) in [4.78, 5) is 0. The molecule has 10 heteroatoms. The highest BCUT2D eigenvalue weighted by molar-refractivity contribution is 4.49. The molecule has 0 spiro atoms. The SMILES string of the molecule is N[n+]1cnn(Cn2c[n+](N)cn2)c1.[Br-].[Br-]. The molecule has 0 aliphatic heterocycles. The van der Waals surface area contributed by atoms with Gasteiger partial charge in [-0.15, -0.1) is 9.35 Å². The van der Waals surface area contributed by atoms with E-state index in [4.69, 9.17) is 11.7 Å². The lowest BCUT2D eigenvalue weighted by Gasteiger charge is -1.84. The standard InChI is InChI=1S/C5H10N8.2BrH/c6-10-1-8-12(3-10)5-13-4-11(7)2-9-13;;/h1-4H,5-7H2;2*1H/q+2;;/p-2. The van der Waals surface area contributed by atoms with Crippen molar-refractivity contribution in [1.29, 1.82) is 0 Å². The Bertz CT molecular complexity index is 370. The number of nitrogens with zero attached hydrogens (tertiary/aromatic N) is 6. The monoisotopic (exact) mass is 340 g/mol. The van der Waals surface area contributed by atoms with Crippen LogP contribution < -0.4 is 55.0 Å². The van der Waals surface area contributed by atoms with Crippen molar-refractivity contribution < 1.29 is 43.3 Å². The Kier molecular flexibility index (Phi) is 5.22. The lowest BCUT2D eigenvalue weighted by Crippen LogP contribution is -3.00. The molecule has 0 saturated heterocycles. The maximum Gasteiger partial charge on any atom is 0.286 e. The molecule has 0 aliphatic rings. The summed E-state index contributed by atoms with van der Waals surface area (Å²) in [7, 11) is 0. The molecule has 2 aromatic heterocycles. The third-order valence-electron chi connectivity index (χ3n) is 1.49. The van der Waals surface area contributed by atoms with Gasteiger partial charge in [0.25, 0.3) is 19.3 Å². The number of nitrogen functional groups attached to an aromatic ring is 2. The second-order valence-electron chi connectivity index (χ2n) is 2.61. The average Bonchev–Trinajstić information content (AvgIpc) is 2.62. The highest BCUT2D eigenvalue weighted by Gasteiger charge is 2.09. The number of nitrogens with two attached hydrogens (primary N) is 2. The summed E-state index contributed by atoms with van der Waals surface area (Å²) in [5, 5.41) is 7.93. The van der Waals surface area contributed by atoms with Gasteiger partial charge in [-0.2, -0.15) is 0 Å². The van der Waals surface area contributed by atoms with Gasteiger partial charge in [-0.1, -0.05) is 9.36 Å². The Labute approximate surface area is 107 Å². The van der Waals surface area contributed by atoms with Crippen LogP contribution in [0.15, 0.2) is 25.3 Å². The molecule has 0 saturated carbocycles. The topological polar surface area (TPSA) is 95.4 Å². The van der Waals surface area contributed by atoms with Gasteiger partial charge in [0.2, 0.25) is 12.7 Å². The minimum absolute atomic E-state index is 0. The molecule has 0 atom stereocenters. The molecule has 15 heavy (non-hydrogen) atoms. The van der Waals surface area contributed by atoms with Crippen LogP contribution in [0.3, 0.4) is 0 Å². The first-order chi connectivity index (χ1) is 6.24. The zero-order valence-electron chi connectivity index (χ0n) is 7.61. The number of aromatic nitrogens is 6. The summed E-state index contributed by atoms with van der Waals surface area (Å²) in [6.07, 6.45) is 6.28. The van der Waals surface area contributed by atoms with Gasteiger partial charge in [0.05, 0.1) is 0 Å². The van der Waals surface area contributed by atoms with Gasteiger partial charge in [-0.3, -0.25) is 11.7 Å². The second kappa shape index (κ2) is 5.66. The van der Waals surface area contributed by atoms with Crippen LogP contribution in [-0.4, -0.2) is 19.6 Å². The quantitative estimate of drug-likeness (QED) is 0.419. The molecule has 0 unspecified atom stereocenters. The molecule has 0 aliphatic carbocycles. The van der Waals surface area contributed by atoms with Crippen molar-refractivity contribution in [3.63, 3.8) is 0 Å². The van der Waals surface area contributed by atoms with Crippen LogP contribution in [0.1, 0.15) is 0 Å². The molecular weight excluding hydrogens is 332 g/mol. The Balaban J connectivity index is 0.000000980. The smallest absolute Gasteiger partial charge is 0.286 e. The summed E-state index contributed by atoms with van der Waals surface area (Å²) < 4.78 is 5.99. The second-order valence-corrected chi connectivity index (χ2v) is 2.61. The van der Waals surface area contributed by atoms with E-state index in [9.17, 15) is 0 Å². The van der Waals surface area contributed by atoms with Crippen LogP contribution in [0.4, 0.5) is 0 Å². The van der Waals surface area contributed by atoms with Gasteiger partial charge < -0.3 is 34.0 Å². The van der Waals surface area contributed by atoms with E-state index in [2.05, 4.69) is 10.2 Å². The summed E-state index contributed by atoms with van der Waals surface area (Å²) in [6, 6.07) is 0. The van der Waals surface area contributed by atoms with E-state index in [1.165, 1.54) is 22.0 Å². The van der Waals surface area contributed by atoms with Gasteiger partial charge in [0, 0.05) is 10.2 Å². The first kappa shape index (κ1) is 13.8. The predicted octanol–water partition coefficient (Wildman–Crippen LogP) is -9.40. The van der Waals surface area contributed by atoms with Crippen LogP contribution in [0.5, 0.6) is 0 Å². The van der Waals surface area contributed by atoms with Crippen molar-refractivity contribution in [3.8, 4) is 0 Å².